The van der Waals surface area contributed by atoms with E-state index in [-0.39, 0.29) is 0 Å². The number of piperidine rings is 1. The second kappa shape index (κ2) is 6.63. The lowest BCUT2D eigenvalue weighted by molar-refractivity contribution is 0.194. The third-order valence-electron chi connectivity index (χ3n) is 4.27. The Morgan fingerprint density at radius 3 is 2.95 bits per heavy atom. The highest BCUT2D eigenvalue weighted by atomic mass is 15.6. The maximum absolute atomic E-state index is 4.24. The standard InChI is InChI=1S/C14H26N6/c1-2-8-19(10-12-4-3-7-15-9-12)11-14-16-17-18-20(14)13-5-6-13/h12-13,15H,2-11H2,1H3. The van der Waals surface area contributed by atoms with Gasteiger partial charge in [0.2, 0.25) is 0 Å². The quantitative estimate of drug-likeness (QED) is 0.812. The average Bonchev–Trinajstić information content (AvgIpc) is 3.21. The van der Waals surface area contributed by atoms with Crippen LogP contribution in [0.5, 0.6) is 0 Å². The first-order chi connectivity index (χ1) is 9.86. The first-order valence-electron chi connectivity index (χ1n) is 8.06. The van der Waals surface area contributed by atoms with Crippen molar-refractivity contribution in [3.05, 3.63) is 5.82 Å². The summed E-state index contributed by atoms with van der Waals surface area (Å²) in [4.78, 5) is 2.53. The summed E-state index contributed by atoms with van der Waals surface area (Å²) in [6, 6.07) is 0.569. The predicted octanol–water partition coefficient (Wildman–Crippen LogP) is 1.22. The van der Waals surface area contributed by atoms with Gasteiger partial charge in [-0.25, -0.2) is 4.68 Å². The number of tetrazole rings is 1. The topological polar surface area (TPSA) is 58.9 Å². The monoisotopic (exact) mass is 278 g/mol. The first kappa shape index (κ1) is 13.9. The normalized spacial score (nSPS) is 23.4. The lowest BCUT2D eigenvalue weighted by atomic mass is 9.99. The molecule has 1 aromatic heterocycles. The zero-order chi connectivity index (χ0) is 13.8. The lowest BCUT2D eigenvalue weighted by Crippen LogP contribution is -2.38. The number of nitrogens with one attached hydrogen (secondary N) is 1. The molecular weight excluding hydrogens is 252 g/mol. The van der Waals surface area contributed by atoms with Crippen LogP contribution in [0.2, 0.25) is 0 Å². The first-order valence-corrected chi connectivity index (χ1v) is 8.06. The van der Waals surface area contributed by atoms with E-state index in [1.165, 1.54) is 45.2 Å². The second-order valence-corrected chi connectivity index (χ2v) is 6.22. The van der Waals surface area contributed by atoms with Gasteiger partial charge >= 0.3 is 0 Å². The minimum Gasteiger partial charge on any atom is -0.316 e. The highest BCUT2D eigenvalue weighted by molar-refractivity contribution is 4.90. The van der Waals surface area contributed by atoms with Gasteiger partial charge in [0.25, 0.3) is 0 Å². The molecule has 1 aromatic rings. The zero-order valence-electron chi connectivity index (χ0n) is 12.5. The maximum Gasteiger partial charge on any atom is 0.165 e. The summed E-state index contributed by atoms with van der Waals surface area (Å²) in [5, 5.41) is 15.8. The molecule has 2 fully saturated rings. The molecule has 0 spiro atoms. The summed E-state index contributed by atoms with van der Waals surface area (Å²) in [6.07, 6.45) is 6.31. The second-order valence-electron chi connectivity index (χ2n) is 6.22. The Bertz CT molecular complexity index is 408. The molecule has 112 valence electrons. The fourth-order valence-corrected chi connectivity index (χ4v) is 3.12. The molecule has 1 aliphatic heterocycles. The Morgan fingerprint density at radius 2 is 2.25 bits per heavy atom. The van der Waals surface area contributed by atoms with Gasteiger partial charge in [-0.05, 0) is 68.1 Å². The molecule has 1 atom stereocenters. The Hall–Kier alpha value is -1.01. The van der Waals surface area contributed by atoms with Crippen LogP contribution >= 0.6 is 0 Å². The Kier molecular flexibility index (Phi) is 4.62. The van der Waals surface area contributed by atoms with E-state index in [2.05, 4.69) is 32.7 Å². The summed E-state index contributed by atoms with van der Waals surface area (Å²) >= 11 is 0. The van der Waals surface area contributed by atoms with Crippen LogP contribution in [0.3, 0.4) is 0 Å². The van der Waals surface area contributed by atoms with Gasteiger partial charge in [0.15, 0.2) is 5.82 Å². The Balaban J connectivity index is 1.59. The van der Waals surface area contributed by atoms with Crippen molar-refractivity contribution in [3.63, 3.8) is 0 Å². The van der Waals surface area contributed by atoms with Crippen LogP contribution < -0.4 is 5.32 Å². The van der Waals surface area contributed by atoms with Gasteiger partial charge in [-0.1, -0.05) is 6.92 Å². The van der Waals surface area contributed by atoms with Crippen molar-refractivity contribution in [1.82, 2.24) is 30.4 Å². The van der Waals surface area contributed by atoms with Crippen molar-refractivity contribution >= 4 is 0 Å². The van der Waals surface area contributed by atoms with Crippen molar-refractivity contribution in [2.45, 2.75) is 51.6 Å². The van der Waals surface area contributed by atoms with Crippen LogP contribution in [0.15, 0.2) is 0 Å². The van der Waals surface area contributed by atoms with E-state index in [1.807, 2.05) is 4.68 Å². The average molecular weight is 278 g/mol. The third kappa shape index (κ3) is 3.55. The number of nitrogens with zero attached hydrogens (tertiary/aromatic N) is 5. The summed E-state index contributed by atoms with van der Waals surface area (Å²) in [5.41, 5.74) is 0. The minimum atomic E-state index is 0.569. The van der Waals surface area contributed by atoms with Crippen LogP contribution in [0, 0.1) is 5.92 Å². The van der Waals surface area contributed by atoms with Crippen LogP contribution in [0.25, 0.3) is 0 Å². The van der Waals surface area contributed by atoms with E-state index < -0.39 is 0 Å². The summed E-state index contributed by atoms with van der Waals surface area (Å²) in [6.45, 7) is 7.79. The van der Waals surface area contributed by atoms with E-state index in [9.17, 15) is 0 Å². The molecule has 0 bridgehead atoms. The van der Waals surface area contributed by atoms with Gasteiger partial charge in [-0.3, -0.25) is 4.90 Å². The number of aromatic nitrogens is 4. The molecule has 1 saturated carbocycles. The largest absolute Gasteiger partial charge is 0.316 e. The molecule has 2 heterocycles. The van der Waals surface area contributed by atoms with Crippen LogP contribution in [0.1, 0.15) is 50.9 Å². The summed E-state index contributed by atoms with van der Waals surface area (Å²) in [7, 11) is 0. The van der Waals surface area contributed by atoms with Crippen LogP contribution in [0.4, 0.5) is 0 Å². The van der Waals surface area contributed by atoms with Crippen molar-refractivity contribution in [2.75, 3.05) is 26.2 Å². The van der Waals surface area contributed by atoms with E-state index in [1.54, 1.807) is 0 Å². The molecule has 6 nitrogen and oxygen atoms in total. The number of hydrogen-bond donors (Lipinski definition) is 1. The van der Waals surface area contributed by atoms with Gasteiger partial charge in [0, 0.05) is 6.54 Å². The van der Waals surface area contributed by atoms with Crippen LogP contribution in [-0.4, -0.2) is 51.3 Å². The third-order valence-corrected chi connectivity index (χ3v) is 4.27. The molecule has 1 unspecified atom stereocenters. The van der Waals surface area contributed by atoms with Crippen LogP contribution in [-0.2, 0) is 6.54 Å². The fourth-order valence-electron chi connectivity index (χ4n) is 3.12. The van der Waals surface area contributed by atoms with E-state index in [4.69, 9.17) is 0 Å². The van der Waals surface area contributed by atoms with Crippen molar-refractivity contribution < 1.29 is 0 Å². The molecule has 0 aromatic carbocycles. The van der Waals surface area contributed by atoms with Gasteiger partial charge < -0.3 is 5.32 Å². The molecule has 0 radical (unpaired) electrons. The Morgan fingerprint density at radius 1 is 1.35 bits per heavy atom. The molecule has 20 heavy (non-hydrogen) atoms. The van der Waals surface area contributed by atoms with E-state index in [0.29, 0.717) is 6.04 Å². The number of rotatable bonds is 7. The van der Waals surface area contributed by atoms with Gasteiger partial charge in [0.05, 0.1) is 12.6 Å². The van der Waals surface area contributed by atoms with E-state index >= 15 is 0 Å². The lowest BCUT2D eigenvalue weighted by Gasteiger charge is -2.29. The van der Waals surface area contributed by atoms with Gasteiger partial charge in [-0.15, -0.1) is 5.10 Å². The van der Waals surface area contributed by atoms with E-state index in [0.717, 1.165) is 31.4 Å². The van der Waals surface area contributed by atoms with Crippen molar-refractivity contribution in [3.8, 4) is 0 Å². The van der Waals surface area contributed by atoms with Gasteiger partial charge in [0.1, 0.15) is 0 Å². The molecule has 1 saturated heterocycles. The van der Waals surface area contributed by atoms with Gasteiger partial charge in [-0.2, -0.15) is 0 Å². The minimum absolute atomic E-state index is 0.569. The molecule has 3 rings (SSSR count). The molecule has 2 aliphatic rings. The molecule has 1 aliphatic carbocycles. The zero-order valence-corrected chi connectivity index (χ0v) is 12.5. The molecule has 0 amide bonds. The number of hydrogen-bond acceptors (Lipinski definition) is 5. The highest BCUT2D eigenvalue weighted by Gasteiger charge is 2.28. The molecule has 6 heteroatoms. The smallest absolute Gasteiger partial charge is 0.165 e. The predicted molar refractivity (Wildman–Crippen MR) is 77.2 cm³/mol. The maximum atomic E-state index is 4.24. The van der Waals surface area contributed by atoms with Crippen molar-refractivity contribution in [2.24, 2.45) is 5.92 Å². The SMILES string of the molecule is CCCN(Cc1nnnn1C1CC1)CC1CCCNC1. The van der Waals surface area contributed by atoms with Crippen molar-refractivity contribution in [1.29, 1.82) is 0 Å². The molecular formula is C14H26N6. The molecule has 1 N–H and O–H groups in total. The highest BCUT2D eigenvalue weighted by Crippen LogP contribution is 2.34. The fraction of sp³-hybridized carbons (Fsp3) is 0.929. The summed E-state index contributed by atoms with van der Waals surface area (Å²) < 4.78 is 2.04. The summed E-state index contributed by atoms with van der Waals surface area (Å²) in [5.74, 6) is 1.82. The Labute approximate surface area is 120 Å².